The lowest BCUT2D eigenvalue weighted by molar-refractivity contribution is 0.604. The molecule has 3 nitrogen and oxygen atoms in total. The zero-order valence-electron chi connectivity index (χ0n) is 8.09. The Balaban J connectivity index is 2.72. The molecule has 0 saturated carbocycles. The van der Waals surface area contributed by atoms with Crippen molar-refractivity contribution in [3.63, 3.8) is 0 Å². The molecular formula is C9H17N3. The number of nitrogens with zero attached hydrogens (tertiary/aromatic N) is 2. The van der Waals surface area contributed by atoms with E-state index in [1.54, 1.807) is 0 Å². The quantitative estimate of drug-likeness (QED) is 0.747. The van der Waals surface area contributed by atoms with Gasteiger partial charge in [-0.15, -0.1) is 0 Å². The summed E-state index contributed by atoms with van der Waals surface area (Å²) in [6.45, 7) is 6.43. The zero-order chi connectivity index (χ0) is 8.97. The fourth-order valence-electron chi connectivity index (χ4n) is 1.30. The topological polar surface area (TPSA) is 41.6 Å². The van der Waals surface area contributed by atoms with E-state index in [-0.39, 0.29) is 0 Å². The van der Waals surface area contributed by atoms with Gasteiger partial charge in [0.05, 0.1) is 0 Å². The molecule has 1 rings (SSSR count). The molecule has 0 unspecified atom stereocenters. The Morgan fingerprint density at radius 3 is 2.33 bits per heavy atom. The summed E-state index contributed by atoms with van der Waals surface area (Å²) in [5.74, 6) is 2.51. The van der Waals surface area contributed by atoms with E-state index in [2.05, 4.69) is 36.0 Å². The number of aromatic amines is 1. The largest absolute Gasteiger partial charge is 0.263 e. The highest BCUT2D eigenvalue weighted by Crippen LogP contribution is 2.18. The van der Waals surface area contributed by atoms with Gasteiger partial charge in [-0.1, -0.05) is 20.8 Å². The van der Waals surface area contributed by atoms with Crippen LogP contribution in [0.25, 0.3) is 0 Å². The molecule has 1 heterocycles. The molecule has 1 aromatic heterocycles. The first-order valence-corrected chi connectivity index (χ1v) is 4.72. The van der Waals surface area contributed by atoms with Gasteiger partial charge in [-0.2, -0.15) is 5.10 Å². The predicted molar refractivity (Wildman–Crippen MR) is 49.1 cm³/mol. The molecule has 68 valence electrons. The van der Waals surface area contributed by atoms with Gasteiger partial charge in [-0.25, -0.2) is 4.98 Å². The lowest BCUT2D eigenvalue weighted by Gasteiger charge is -2.05. The highest BCUT2D eigenvalue weighted by atomic mass is 15.2. The maximum absolute atomic E-state index is 4.40. The van der Waals surface area contributed by atoms with Crippen LogP contribution >= 0.6 is 0 Å². The standard InChI is InChI=1S/C9H17N3/c1-4-7(5-2)9-10-8(6-3)11-12-9/h7H,4-6H2,1-3H3,(H,10,11,12). The maximum Gasteiger partial charge on any atom is 0.153 e. The molecule has 1 aromatic rings. The minimum absolute atomic E-state index is 0.529. The highest BCUT2D eigenvalue weighted by molar-refractivity contribution is 4.96. The summed E-state index contributed by atoms with van der Waals surface area (Å²) in [7, 11) is 0. The summed E-state index contributed by atoms with van der Waals surface area (Å²) >= 11 is 0. The van der Waals surface area contributed by atoms with Crippen molar-refractivity contribution in [1.82, 2.24) is 15.2 Å². The molecule has 0 amide bonds. The van der Waals surface area contributed by atoms with Crippen molar-refractivity contribution in [3.05, 3.63) is 11.6 Å². The van der Waals surface area contributed by atoms with Gasteiger partial charge in [0.1, 0.15) is 5.82 Å². The molecule has 0 aromatic carbocycles. The van der Waals surface area contributed by atoms with Crippen LogP contribution in [0.5, 0.6) is 0 Å². The third-order valence-electron chi connectivity index (χ3n) is 2.23. The number of H-pyrrole nitrogens is 1. The molecule has 0 spiro atoms. The second-order valence-corrected chi connectivity index (χ2v) is 3.01. The molecule has 3 heteroatoms. The lowest BCUT2D eigenvalue weighted by Crippen LogP contribution is -1.97. The molecule has 0 aliphatic rings. The average molecular weight is 167 g/mol. The number of aryl methyl sites for hydroxylation is 1. The number of aromatic nitrogens is 3. The Kier molecular flexibility index (Phi) is 3.26. The maximum atomic E-state index is 4.40. The van der Waals surface area contributed by atoms with Gasteiger partial charge in [0.2, 0.25) is 0 Å². The second-order valence-electron chi connectivity index (χ2n) is 3.01. The fourth-order valence-corrected chi connectivity index (χ4v) is 1.30. The molecule has 1 N–H and O–H groups in total. The first-order chi connectivity index (χ1) is 5.81. The van der Waals surface area contributed by atoms with Gasteiger partial charge in [-0.3, -0.25) is 5.10 Å². The van der Waals surface area contributed by atoms with Crippen LogP contribution in [-0.2, 0) is 6.42 Å². The van der Waals surface area contributed by atoms with Gasteiger partial charge in [0, 0.05) is 12.3 Å². The van der Waals surface area contributed by atoms with Crippen LogP contribution in [0.4, 0.5) is 0 Å². The van der Waals surface area contributed by atoms with Crippen molar-refractivity contribution in [3.8, 4) is 0 Å². The van der Waals surface area contributed by atoms with E-state index in [4.69, 9.17) is 0 Å². The Labute approximate surface area is 73.6 Å². The molecule has 0 radical (unpaired) electrons. The van der Waals surface area contributed by atoms with Crippen LogP contribution in [0, 0.1) is 0 Å². The predicted octanol–water partition coefficient (Wildman–Crippen LogP) is 2.27. The smallest absolute Gasteiger partial charge is 0.153 e. The van der Waals surface area contributed by atoms with Crippen LogP contribution in [0.1, 0.15) is 51.2 Å². The lowest BCUT2D eigenvalue weighted by atomic mass is 10.0. The van der Waals surface area contributed by atoms with Crippen LogP contribution in [0.15, 0.2) is 0 Å². The molecule has 0 aliphatic carbocycles. The van der Waals surface area contributed by atoms with E-state index in [0.717, 1.165) is 30.9 Å². The normalized spacial score (nSPS) is 11.0. The Bertz CT molecular complexity index is 225. The number of hydrogen-bond acceptors (Lipinski definition) is 2. The second kappa shape index (κ2) is 4.24. The zero-order valence-corrected chi connectivity index (χ0v) is 8.09. The number of rotatable bonds is 4. The summed E-state index contributed by atoms with van der Waals surface area (Å²) in [6, 6.07) is 0. The fraction of sp³-hybridized carbons (Fsp3) is 0.778. The van der Waals surface area contributed by atoms with Crippen molar-refractivity contribution in [2.75, 3.05) is 0 Å². The van der Waals surface area contributed by atoms with E-state index < -0.39 is 0 Å². The van der Waals surface area contributed by atoms with Crippen LogP contribution in [0.3, 0.4) is 0 Å². The van der Waals surface area contributed by atoms with Crippen molar-refractivity contribution >= 4 is 0 Å². The van der Waals surface area contributed by atoms with E-state index in [0.29, 0.717) is 5.92 Å². The van der Waals surface area contributed by atoms with Crippen molar-refractivity contribution in [2.45, 2.75) is 46.0 Å². The first kappa shape index (κ1) is 9.23. The molecule has 0 fully saturated rings. The SMILES string of the molecule is CCc1nc(C(CC)CC)n[nH]1. The van der Waals surface area contributed by atoms with E-state index in [1.165, 1.54) is 0 Å². The monoisotopic (exact) mass is 167 g/mol. The van der Waals surface area contributed by atoms with Crippen LogP contribution in [0.2, 0.25) is 0 Å². The summed E-state index contributed by atoms with van der Waals surface area (Å²) in [5.41, 5.74) is 0. The number of nitrogens with one attached hydrogen (secondary N) is 1. The number of hydrogen-bond donors (Lipinski definition) is 1. The average Bonchev–Trinajstić information content (AvgIpc) is 2.55. The highest BCUT2D eigenvalue weighted by Gasteiger charge is 2.11. The van der Waals surface area contributed by atoms with Crippen LogP contribution < -0.4 is 0 Å². The van der Waals surface area contributed by atoms with Gasteiger partial charge >= 0.3 is 0 Å². The summed E-state index contributed by atoms with van der Waals surface area (Å²) < 4.78 is 0. The van der Waals surface area contributed by atoms with E-state index in [9.17, 15) is 0 Å². The molecule has 0 aliphatic heterocycles. The Morgan fingerprint density at radius 2 is 1.92 bits per heavy atom. The van der Waals surface area contributed by atoms with Gasteiger partial charge in [0.25, 0.3) is 0 Å². The van der Waals surface area contributed by atoms with Crippen LogP contribution in [-0.4, -0.2) is 15.2 Å². The minimum atomic E-state index is 0.529. The van der Waals surface area contributed by atoms with Gasteiger partial charge in [-0.05, 0) is 12.8 Å². The van der Waals surface area contributed by atoms with Crippen molar-refractivity contribution in [1.29, 1.82) is 0 Å². The summed E-state index contributed by atoms with van der Waals surface area (Å²) in [6.07, 6.45) is 3.18. The van der Waals surface area contributed by atoms with E-state index >= 15 is 0 Å². The summed E-state index contributed by atoms with van der Waals surface area (Å²) in [5, 5.41) is 7.14. The molecule has 0 saturated heterocycles. The third kappa shape index (κ3) is 1.84. The Morgan fingerprint density at radius 1 is 1.25 bits per heavy atom. The molecule has 0 atom stereocenters. The van der Waals surface area contributed by atoms with Gasteiger partial charge in [0.15, 0.2) is 5.82 Å². The van der Waals surface area contributed by atoms with Crippen molar-refractivity contribution in [2.24, 2.45) is 0 Å². The summed E-state index contributed by atoms with van der Waals surface area (Å²) in [4.78, 5) is 4.40. The van der Waals surface area contributed by atoms with E-state index in [1.807, 2.05) is 0 Å². The Hall–Kier alpha value is -0.860. The molecule has 0 bridgehead atoms. The minimum Gasteiger partial charge on any atom is -0.263 e. The van der Waals surface area contributed by atoms with Gasteiger partial charge < -0.3 is 0 Å². The molecular weight excluding hydrogens is 150 g/mol. The molecule has 12 heavy (non-hydrogen) atoms. The first-order valence-electron chi connectivity index (χ1n) is 4.72. The third-order valence-corrected chi connectivity index (χ3v) is 2.23. The van der Waals surface area contributed by atoms with Crippen molar-refractivity contribution < 1.29 is 0 Å².